The van der Waals surface area contributed by atoms with Crippen LogP contribution in [0.4, 0.5) is 5.69 Å². The third-order valence-corrected chi connectivity index (χ3v) is 2.07. The second kappa shape index (κ2) is 4.01. The van der Waals surface area contributed by atoms with Crippen molar-refractivity contribution in [1.82, 2.24) is 0 Å². The summed E-state index contributed by atoms with van der Waals surface area (Å²) in [6, 6.07) is 7.76. The Morgan fingerprint density at radius 2 is 2.33 bits per heavy atom. The van der Waals surface area contributed by atoms with Gasteiger partial charge in [-0.15, -0.1) is 11.8 Å². The lowest BCUT2D eigenvalue weighted by molar-refractivity contribution is 1.39. The van der Waals surface area contributed by atoms with Crippen molar-refractivity contribution in [3.8, 4) is 0 Å². The Hall–Kier alpha value is -1.16. The smallest absolute Gasteiger partial charge is 0.190 e. The van der Waals surface area contributed by atoms with Gasteiger partial charge in [0.15, 0.2) is 5.96 Å². The summed E-state index contributed by atoms with van der Waals surface area (Å²) in [4.78, 5) is 1.15. The van der Waals surface area contributed by atoms with Crippen LogP contribution in [0.25, 0.3) is 0 Å². The Kier molecular flexibility index (Phi) is 2.99. The van der Waals surface area contributed by atoms with Gasteiger partial charge in [0, 0.05) is 10.6 Å². The van der Waals surface area contributed by atoms with Gasteiger partial charge in [0.1, 0.15) is 0 Å². The molecular formula is C8H11N3S. The molecule has 0 atom stereocenters. The molecule has 1 aromatic carbocycles. The van der Waals surface area contributed by atoms with Gasteiger partial charge in [0.2, 0.25) is 0 Å². The SMILES string of the molecule is CSc1cccc(NC(=N)N)c1. The van der Waals surface area contributed by atoms with Crippen molar-refractivity contribution in [2.75, 3.05) is 11.6 Å². The van der Waals surface area contributed by atoms with Crippen LogP contribution in [0, 0.1) is 5.41 Å². The predicted octanol–water partition coefficient (Wildman–Crippen LogP) is 1.71. The fraction of sp³-hybridized carbons (Fsp3) is 0.125. The minimum absolute atomic E-state index is 0.0340. The van der Waals surface area contributed by atoms with Gasteiger partial charge in [-0.25, -0.2) is 0 Å². The zero-order chi connectivity index (χ0) is 8.97. The van der Waals surface area contributed by atoms with E-state index < -0.39 is 0 Å². The number of benzene rings is 1. The molecule has 1 aromatic rings. The number of hydrogen-bond donors (Lipinski definition) is 3. The van der Waals surface area contributed by atoms with Crippen LogP contribution in [0.15, 0.2) is 29.2 Å². The Labute approximate surface area is 75.9 Å². The summed E-state index contributed by atoms with van der Waals surface area (Å²) in [6.07, 6.45) is 2.01. The van der Waals surface area contributed by atoms with E-state index in [0.29, 0.717) is 0 Å². The molecule has 3 nitrogen and oxygen atoms in total. The van der Waals surface area contributed by atoms with Gasteiger partial charge in [-0.3, -0.25) is 5.41 Å². The topological polar surface area (TPSA) is 61.9 Å². The number of nitrogens with one attached hydrogen (secondary N) is 2. The van der Waals surface area contributed by atoms with Gasteiger partial charge < -0.3 is 11.1 Å². The first-order valence-corrected chi connectivity index (χ1v) is 4.70. The normalized spacial score (nSPS) is 9.42. The first kappa shape index (κ1) is 8.93. The number of rotatable bonds is 2. The lowest BCUT2D eigenvalue weighted by Gasteiger charge is -2.04. The molecule has 0 fully saturated rings. The van der Waals surface area contributed by atoms with Gasteiger partial charge in [-0.05, 0) is 24.5 Å². The molecule has 0 aliphatic heterocycles. The number of anilines is 1. The Bertz CT molecular complexity index is 285. The van der Waals surface area contributed by atoms with Crippen LogP contribution in [0.3, 0.4) is 0 Å². The average Bonchev–Trinajstić information content (AvgIpc) is 2.03. The largest absolute Gasteiger partial charge is 0.370 e. The van der Waals surface area contributed by atoms with E-state index >= 15 is 0 Å². The second-order valence-electron chi connectivity index (χ2n) is 2.27. The quantitative estimate of drug-likeness (QED) is 0.370. The molecule has 0 saturated carbocycles. The molecule has 64 valence electrons. The fourth-order valence-corrected chi connectivity index (χ4v) is 1.32. The third-order valence-electron chi connectivity index (χ3n) is 1.35. The highest BCUT2D eigenvalue weighted by molar-refractivity contribution is 7.98. The summed E-state index contributed by atoms with van der Waals surface area (Å²) < 4.78 is 0. The molecule has 0 aliphatic carbocycles. The van der Waals surface area contributed by atoms with Crippen LogP contribution in [-0.4, -0.2) is 12.2 Å². The summed E-state index contributed by atoms with van der Waals surface area (Å²) in [5.41, 5.74) is 6.04. The lowest BCUT2D eigenvalue weighted by atomic mass is 10.3. The van der Waals surface area contributed by atoms with E-state index in [0.717, 1.165) is 10.6 Å². The zero-order valence-electron chi connectivity index (χ0n) is 6.79. The Balaban J connectivity index is 2.79. The Morgan fingerprint density at radius 3 is 2.92 bits per heavy atom. The molecule has 0 spiro atoms. The van der Waals surface area contributed by atoms with Crippen LogP contribution in [0.5, 0.6) is 0 Å². The van der Waals surface area contributed by atoms with Crippen molar-refractivity contribution in [3.05, 3.63) is 24.3 Å². The molecule has 0 bridgehead atoms. The van der Waals surface area contributed by atoms with Crippen molar-refractivity contribution >= 4 is 23.4 Å². The first-order valence-electron chi connectivity index (χ1n) is 3.47. The summed E-state index contributed by atoms with van der Waals surface area (Å²) in [5.74, 6) is -0.0340. The van der Waals surface area contributed by atoms with Crippen molar-refractivity contribution < 1.29 is 0 Å². The number of hydrogen-bond acceptors (Lipinski definition) is 2. The van der Waals surface area contributed by atoms with Crippen molar-refractivity contribution in [3.63, 3.8) is 0 Å². The van der Waals surface area contributed by atoms with Gasteiger partial charge >= 0.3 is 0 Å². The predicted molar refractivity (Wildman–Crippen MR) is 53.8 cm³/mol. The molecule has 0 radical (unpaired) electrons. The summed E-state index contributed by atoms with van der Waals surface area (Å²) in [7, 11) is 0. The molecule has 0 saturated heterocycles. The molecule has 0 unspecified atom stereocenters. The number of guanidine groups is 1. The van der Waals surface area contributed by atoms with Crippen molar-refractivity contribution in [2.24, 2.45) is 5.73 Å². The van der Waals surface area contributed by atoms with Crippen molar-refractivity contribution in [2.45, 2.75) is 4.90 Å². The van der Waals surface area contributed by atoms with Gasteiger partial charge in [0.05, 0.1) is 0 Å². The van der Waals surface area contributed by atoms with Crippen molar-refractivity contribution in [1.29, 1.82) is 5.41 Å². The monoisotopic (exact) mass is 181 g/mol. The third kappa shape index (κ3) is 2.47. The van der Waals surface area contributed by atoms with E-state index in [9.17, 15) is 0 Å². The Morgan fingerprint density at radius 1 is 1.58 bits per heavy atom. The fourth-order valence-electron chi connectivity index (χ4n) is 0.856. The van der Waals surface area contributed by atoms with Crippen LogP contribution < -0.4 is 11.1 Å². The van der Waals surface area contributed by atoms with Crippen LogP contribution in [0.2, 0.25) is 0 Å². The van der Waals surface area contributed by atoms with Crippen LogP contribution in [-0.2, 0) is 0 Å². The van der Waals surface area contributed by atoms with Gasteiger partial charge in [-0.1, -0.05) is 6.07 Å². The average molecular weight is 181 g/mol. The highest BCUT2D eigenvalue weighted by Gasteiger charge is 1.94. The number of nitrogens with two attached hydrogens (primary N) is 1. The molecule has 0 heterocycles. The van der Waals surface area contributed by atoms with E-state index in [1.54, 1.807) is 11.8 Å². The van der Waals surface area contributed by atoms with E-state index in [-0.39, 0.29) is 5.96 Å². The standard InChI is InChI=1S/C8H11N3S/c1-12-7-4-2-3-6(5-7)11-8(9)10/h2-5H,1H3,(H4,9,10,11). The van der Waals surface area contributed by atoms with Gasteiger partial charge in [-0.2, -0.15) is 0 Å². The van der Waals surface area contributed by atoms with E-state index in [2.05, 4.69) is 5.32 Å². The minimum atomic E-state index is -0.0340. The maximum Gasteiger partial charge on any atom is 0.190 e. The molecule has 4 N–H and O–H groups in total. The molecule has 0 amide bonds. The second-order valence-corrected chi connectivity index (χ2v) is 3.15. The van der Waals surface area contributed by atoms with E-state index in [1.807, 2.05) is 30.5 Å². The van der Waals surface area contributed by atoms with Gasteiger partial charge in [0.25, 0.3) is 0 Å². The summed E-state index contributed by atoms with van der Waals surface area (Å²) in [5, 5.41) is 9.75. The molecule has 4 heteroatoms. The maximum absolute atomic E-state index is 7.02. The molecular weight excluding hydrogens is 170 g/mol. The van der Waals surface area contributed by atoms with E-state index in [4.69, 9.17) is 11.1 Å². The van der Waals surface area contributed by atoms with E-state index in [1.165, 1.54) is 0 Å². The highest BCUT2D eigenvalue weighted by Crippen LogP contribution is 2.18. The molecule has 0 aromatic heterocycles. The lowest BCUT2D eigenvalue weighted by Crippen LogP contribution is -2.20. The van der Waals surface area contributed by atoms with Crippen LogP contribution in [0.1, 0.15) is 0 Å². The summed E-state index contributed by atoms with van der Waals surface area (Å²) in [6.45, 7) is 0. The zero-order valence-corrected chi connectivity index (χ0v) is 7.61. The highest BCUT2D eigenvalue weighted by atomic mass is 32.2. The molecule has 0 aliphatic rings. The minimum Gasteiger partial charge on any atom is -0.370 e. The van der Waals surface area contributed by atoms with Crippen LogP contribution >= 0.6 is 11.8 Å². The number of thioether (sulfide) groups is 1. The molecule has 12 heavy (non-hydrogen) atoms. The first-order chi connectivity index (χ1) is 5.72. The summed E-state index contributed by atoms with van der Waals surface area (Å²) >= 11 is 1.66. The maximum atomic E-state index is 7.02. The molecule has 1 rings (SSSR count).